The normalized spacial score (nSPS) is 11.9. The Labute approximate surface area is 141 Å². The molecule has 0 spiro atoms. The molecular formula is C19H18N2O2S. The number of hydrogen-bond acceptors (Lipinski definition) is 3. The fourth-order valence-corrected chi connectivity index (χ4v) is 3.30. The topological polar surface area (TPSA) is 58.5 Å². The summed E-state index contributed by atoms with van der Waals surface area (Å²) < 4.78 is 24.3. The lowest BCUT2D eigenvalue weighted by Crippen LogP contribution is -2.18. The van der Waals surface area contributed by atoms with Crippen LogP contribution in [0.2, 0.25) is 0 Å². The molecule has 0 heterocycles. The van der Waals surface area contributed by atoms with Crippen molar-refractivity contribution >= 4 is 27.0 Å². The molecule has 1 N–H and O–H groups in total. The van der Waals surface area contributed by atoms with Crippen LogP contribution >= 0.6 is 0 Å². The van der Waals surface area contributed by atoms with Crippen LogP contribution in [0.1, 0.15) is 11.1 Å². The first-order chi connectivity index (χ1) is 11.6. The second-order valence-electron chi connectivity index (χ2n) is 5.56. The lowest BCUT2D eigenvalue weighted by atomic mass is 10.0. The highest BCUT2D eigenvalue weighted by atomic mass is 32.2. The van der Waals surface area contributed by atoms with E-state index in [1.807, 2.05) is 31.2 Å². The van der Waals surface area contributed by atoms with Crippen molar-refractivity contribution in [2.24, 2.45) is 5.10 Å². The molecule has 4 nitrogen and oxygen atoms in total. The molecule has 3 rings (SSSR count). The molecule has 0 amide bonds. The van der Waals surface area contributed by atoms with Crippen molar-refractivity contribution in [2.45, 2.75) is 18.2 Å². The van der Waals surface area contributed by atoms with Crippen LogP contribution in [0, 0.1) is 6.92 Å². The zero-order valence-electron chi connectivity index (χ0n) is 13.3. The van der Waals surface area contributed by atoms with Gasteiger partial charge in [0.15, 0.2) is 0 Å². The Balaban J connectivity index is 1.71. The standard InChI is InChI=1S/C19H18N2O2S/c1-15-9-11-18(12-10-15)24(22,23)21-20-14-13-17-7-4-6-16-5-2-3-8-19(16)17/h2-12,14,21H,13H2,1H3. The van der Waals surface area contributed by atoms with Gasteiger partial charge in [0.05, 0.1) is 4.90 Å². The number of nitrogens with zero attached hydrogens (tertiary/aromatic N) is 1. The number of aryl methyl sites for hydroxylation is 1. The molecule has 3 aromatic rings. The molecule has 0 unspecified atom stereocenters. The summed E-state index contributed by atoms with van der Waals surface area (Å²) >= 11 is 0. The summed E-state index contributed by atoms with van der Waals surface area (Å²) in [6.45, 7) is 1.91. The van der Waals surface area contributed by atoms with Gasteiger partial charge in [0, 0.05) is 12.6 Å². The number of nitrogens with one attached hydrogen (secondary N) is 1. The summed E-state index contributed by atoms with van der Waals surface area (Å²) in [6, 6.07) is 20.8. The van der Waals surface area contributed by atoms with Gasteiger partial charge in [-0.05, 0) is 35.4 Å². The highest BCUT2D eigenvalue weighted by Gasteiger charge is 2.11. The molecule has 3 aromatic carbocycles. The predicted octanol–water partition coefficient (Wildman–Crippen LogP) is 3.66. The zero-order valence-corrected chi connectivity index (χ0v) is 14.1. The van der Waals surface area contributed by atoms with E-state index in [0.717, 1.165) is 21.9 Å². The Morgan fingerprint density at radius 3 is 2.46 bits per heavy atom. The number of sulfonamides is 1. The smallest absolute Gasteiger partial charge is 0.200 e. The number of hydrogen-bond donors (Lipinski definition) is 1. The number of hydrazone groups is 1. The summed E-state index contributed by atoms with van der Waals surface area (Å²) in [5.41, 5.74) is 2.11. The minimum absolute atomic E-state index is 0.204. The van der Waals surface area contributed by atoms with Crippen molar-refractivity contribution in [1.29, 1.82) is 0 Å². The molecule has 0 bridgehead atoms. The van der Waals surface area contributed by atoms with E-state index in [9.17, 15) is 8.42 Å². The minimum Gasteiger partial charge on any atom is -0.200 e. The van der Waals surface area contributed by atoms with Gasteiger partial charge in [-0.25, -0.2) is 4.83 Å². The summed E-state index contributed by atoms with van der Waals surface area (Å²) in [4.78, 5) is 2.46. The molecule has 0 aliphatic heterocycles. The van der Waals surface area contributed by atoms with Gasteiger partial charge in [-0.3, -0.25) is 0 Å². The van der Waals surface area contributed by atoms with Crippen LogP contribution in [0.15, 0.2) is 76.7 Å². The van der Waals surface area contributed by atoms with Crippen molar-refractivity contribution in [1.82, 2.24) is 4.83 Å². The Kier molecular flexibility index (Phi) is 4.62. The third kappa shape index (κ3) is 3.63. The molecule has 24 heavy (non-hydrogen) atoms. The molecular weight excluding hydrogens is 320 g/mol. The van der Waals surface area contributed by atoms with E-state index in [2.05, 4.69) is 28.1 Å². The van der Waals surface area contributed by atoms with Gasteiger partial charge in [-0.15, -0.1) is 0 Å². The molecule has 0 radical (unpaired) electrons. The molecule has 0 atom stereocenters. The second kappa shape index (κ2) is 6.84. The summed E-state index contributed by atoms with van der Waals surface area (Å²) in [7, 11) is -3.62. The van der Waals surface area contributed by atoms with Crippen LogP contribution in [0.3, 0.4) is 0 Å². The van der Waals surface area contributed by atoms with Crippen LogP contribution in [0.5, 0.6) is 0 Å². The Morgan fingerprint density at radius 1 is 0.958 bits per heavy atom. The second-order valence-corrected chi connectivity index (χ2v) is 7.22. The van der Waals surface area contributed by atoms with Gasteiger partial charge < -0.3 is 0 Å². The fraction of sp³-hybridized carbons (Fsp3) is 0.105. The first kappa shape index (κ1) is 16.2. The number of fused-ring (bicyclic) bond motifs is 1. The summed E-state index contributed by atoms with van der Waals surface area (Å²) in [5, 5.41) is 6.18. The SMILES string of the molecule is Cc1ccc(S(=O)(=O)NN=CCc2cccc3ccccc23)cc1. The van der Waals surface area contributed by atoms with E-state index in [4.69, 9.17) is 0 Å². The highest BCUT2D eigenvalue weighted by Crippen LogP contribution is 2.18. The van der Waals surface area contributed by atoms with Gasteiger partial charge in [-0.2, -0.15) is 13.5 Å². The predicted molar refractivity (Wildman–Crippen MR) is 97.6 cm³/mol. The van der Waals surface area contributed by atoms with E-state index >= 15 is 0 Å². The molecule has 0 fully saturated rings. The van der Waals surface area contributed by atoms with Crippen LogP contribution in [0.25, 0.3) is 10.8 Å². The average Bonchev–Trinajstić information content (AvgIpc) is 2.59. The van der Waals surface area contributed by atoms with Crippen LogP contribution < -0.4 is 4.83 Å². The van der Waals surface area contributed by atoms with Crippen molar-refractivity contribution in [2.75, 3.05) is 0 Å². The number of rotatable bonds is 5. The third-order valence-corrected chi connectivity index (χ3v) is 5.03. The fourth-order valence-electron chi connectivity index (χ4n) is 2.49. The van der Waals surface area contributed by atoms with Gasteiger partial charge >= 0.3 is 0 Å². The summed E-state index contributed by atoms with van der Waals surface area (Å²) in [6.07, 6.45) is 2.13. The van der Waals surface area contributed by atoms with E-state index in [1.165, 1.54) is 0 Å². The van der Waals surface area contributed by atoms with Gasteiger partial charge in [-0.1, -0.05) is 60.2 Å². The Bertz CT molecular complexity index is 972. The van der Waals surface area contributed by atoms with E-state index in [1.54, 1.807) is 30.5 Å². The van der Waals surface area contributed by atoms with E-state index < -0.39 is 10.0 Å². The maximum Gasteiger partial charge on any atom is 0.276 e. The van der Waals surface area contributed by atoms with Crippen LogP contribution in [-0.2, 0) is 16.4 Å². The minimum atomic E-state index is -3.62. The van der Waals surface area contributed by atoms with Gasteiger partial charge in [0.25, 0.3) is 10.0 Å². The molecule has 5 heteroatoms. The van der Waals surface area contributed by atoms with Crippen molar-refractivity contribution in [3.63, 3.8) is 0 Å². The highest BCUT2D eigenvalue weighted by molar-refractivity contribution is 7.89. The van der Waals surface area contributed by atoms with E-state index in [-0.39, 0.29) is 4.90 Å². The molecule has 122 valence electrons. The monoisotopic (exact) mass is 338 g/mol. The average molecular weight is 338 g/mol. The largest absolute Gasteiger partial charge is 0.276 e. The Hall–Kier alpha value is -2.66. The van der Waals surface area contributed by atoms with E-state index in [0.29, 0.717) is 6.42 Å². The maximum absolute atomic E-state index is 12.1. The lowest BCUT2D eigenvalue weighted by molar-refractivity contribution is 0.584. The zero-order chi connectivity index (χ0) is 17.0. The first-order valence-electron chi connectivity index (χ1n) is 7.63. The first-order valence-corrected chi connectivity index (χ1v) is 9.11. The Morgan fingerprint density at radius 2 is 1.67 bits per heavy atom. The van der Waals surface area contributed by atoms with Crippen LogP contribution in [-0.4, -0.2) is 14.6 Å². The van der Waals surface area contributed by atoms with Crippen molar-refractivity contribution in [3.05, 3.63) is 77.9 Å². The van der Waals surface area contributed by atoms with Gasteiger partial charge in [0.2, 0.25) is 0 Å². The summed E-state index contributed by atoms with van der Waals surface area (Å²) in [5.74, 6) is 0. The van der Waals surface area contributed by atoms with Gasteiger partial charge in [0.1, 0.15) is 0 Å². The quantitative estimate of drug-likeness (QED) is 0.570. The maximum atomic E-state index is 12.1. The molecule has 0 saturated heterocycles. The lowest BCUT2D eigenvalue weighted by Gasteiger charge is -2.05. The molecule has 0 saturated carbocycles. The van der Waals surface area contributed by atoms with Crippen molar-refractivity contribution in [3.8, 4) is 0 Å². The molecule has 0 aliphatic carbocycles. The number of benzene rings is 3. The third-order valence-electron chi connectivity index (χ3n) is 3.79. The molecule has 0 aromatic heterocycles. The molecule has 0 aliphatic rings. The van der Waals surface area contributed by atoms with Crippen LogP contribution in [0.4, 0.5) is 0 Å². The van der Waals surface area contributed by atoms with Crippen molar-refractivity contribution < 1.29 is 8.42 Å².